The molecule has 0 aliphatic rings. The van der Waals surface area contributed by atoms with Crippen LogP contribution in [-0.2, 0) is 12.8 Å². The Labute approximate surface area is 123 Å². The third-order valence-corrected chi connectivity index (χ3v) is 3.61. The summed E-state index contributed by atoms with van der Waals surface area (Å²) >= 11 is 0. The fourth-order valence-electron chi connectivity index (χ4n) is 2.34. The minimum atomic E-state index is 0.683. The van der Waals surface area contributed by atoms with Crippen molar-refractivity contribution in [1.82, 2.24) is 10.1 Å². The van der Waals surface area contributed by atoms with Gasteiger partial charge in [0.25, 0.3) is 0 Å². The van der Waals surface area contributed by atoms with Crippen LogP contribution < -0.4 is 5.73 Å². The van der Waals surface area contributed by atoms with E-state index in [1.807, 2.05) is 0 Å². The predicted molar refractivity (Wildman–Crippen MR) is 82.6 cm³/mol. The summed E-state index contributed by atoms with van der Waals surface area (Å²) in [6.07, 6.45) is 14.7. The molecule has 0 fully saturated rings. The Kier molecular flexibility index (Phi) is 10.2. The number of hydrogen-bond acceptors (Lipinski definition) is 4. The minimum Gasteiger partial charge on any atom is -0.339 e. The molecule has 1 aromatic heterocycles. The standard InChI is InChI=1S/C16H31N3O/c1-2-3-4-5-6-7-8-9-10-13-16-18-15(19-20-16)12-11-14-17/h2-14,17H2,1H3. The van der Waals surface area contributed by atoms with Gasteiger partial charge in [0, 0.05) is 12.8 Å². The molecule has 0 radical (unpaired) electrons. The third-order valence-electron chi connectivity index (χ3n) is 3.61. The van der Waals surface area contributed by atoms with Gasteiger partial charge in [0.2, 0.25) is 5.89 Å². The summed E-state index contributed by atoms with van der Waals surface area (Å²) in [7, 11) is 0. The van der Waals surface area contributed by atoms with Crippen molar-refractivity contribution in [2.45, 2.75) is 84.0 Å². The maximum absolute atomic E-state index is 5.46. The molecule has 0 amide bonds. The first kappa shape index (κ1) is 17.2. The number of rotatable bonds is 13. The van der Waals surface area contributed by atoms with Gasteiger partial charge in [-0.2, -0.15) is 4.98 Å². The number of aryl methyl sites for hydroxylation is 2. The molecule has 1 rings (SSSR count). The van der Waals surface area contributed by atoms with Crippen LogP contribution in [0.4, 0.5) is 0 Å². The molecule has 0 saturated carbocycles. The normalized spacial score (nSPS) is 11.1. The van der Waals surface area contributed by atoms with Crippen molar-refractivity contribution >= 4 is 0 Å². The molecule has 0 spiro atoms. The number of nitrogens with zero attached hydrogens (tertiary/aromatic N) is 2. The van der Waals surface area contributed by atoms with E-state index in [1.165, 1.54) is 51.4 Å². The molecule has 0 aromatic carbocycles. The lowest BCUT2D eigenvalue weighted by Crippen LogP contribution is -2.01. The Balaban J connectivity index is 1.94. The van der Waals surface area contributed by atoms with Gasteiger partial charge in [-0.15, -0.1) is 0 Å². The van der Waals surface area contributed by atoms with Crippen LogP contribution in [0.15, 0.2) is 4.52 Å². The first-order valence-electron chi connectivity index (χ1n) is 8.38. The zero-order chi connectivity index (χ0) is 14.5. The molecule has 0 bridgehead atoms. The highest BCUT2D eigenvalue weighted by Crippen LogP contribution is 2.11. The lowest BCUT2D eigenvalue weighted by atomic mass is 10.1. The molecule has 0 unspecified atom stereocenters. The van der Waals surface area contributed by atoms with Gasteiger partial charge >= 0.3 is 0 Å². The minimum absolute atomic E-state index is 0.683. The van der Waals surface area contributed by atoms with Crippen LogP contribution in [0.25, 0.3) is 0 Å². The predicted octanol–water partition coefficient (Wildman–Crippen LogP) is 4.03. The van der Waals surface area contributed by atoms with Crippen LogP contribution >= 0.6 is 0 Å². The van der Waals surface area contributed by atoms with E-state index >= 15 is 0 Å². The van der Waals surface area contributed by atoms with Crippen LogP contribution in [0.1, 0.15) is 82.8 Å². The Hall–Kier alpha value is -0.900. The fourth-order valence-corrected chi connectivity index (χ4v) is 2.34. The SMILES string of the molecule is CCCCCCCCCCCc1nc(CCCN)no1. The Morgan fingerprint density at radius 3 is 2.15 bits per heavy atom. The van der Waals surface area contributed by atoms with E-state index in [0.29, 0.717) is 6.54 Å². The van der Waals surface area contributed by atoms with Crippen molar-refractivity contribution in [3.8, 4) is 0 Å². The maximum atomic E-state index is 5.46. The van der Waals surface area contributed by atoms with Crippen LogP contribution in [-0.4, -0.2) is 16.7 Å². The summed E-state index contributed by atoms with van der Waals surface area (Å²) in [4.78, 5) is 4.38. The van der Waals surface area contributed by atoms with Crippen molar-refractivity contribution in [3.05, 3.63) is 11.7 Å². The largest absolute Gasteiger partial charge is 0.339 e. The smallest absolute Gasteiger partial charge is 0.226 e. The number of hydrogen-bond donors (Lipinski definition) is 1. The molecular weight excluding hydrogens is 250 g/mol. The highest BCUT2D eigenvalue weighted by atomic mass is 16.5. The summed E-state index contributed by atoms with van der Waals surface area (Å²) in [6.45, 7) is 2.95. The Morgan fingerprint density at radius 1 is 0.850 bits per heavy atom. The summed E-state index contributed by atoms with van der Waals surface area (Å²) in [6, 6.07) is 0. The van der Waals surface area contributed by atoms with Gasteiger partial charge in [-0.1, -0.05) is 63.4 Å². The molecule has 1 heterocycles. The second kappa shape index (κ2) is 11.9. The fraction of sp³-hybridized carbons (Fsp3) is 0.875. The van der Waals surface area contributed by atoms with E-state index in [-0.39, 0.29) is 0 Å². The lowest BCUT2D eigenvalue weighted by molar-refractivity contribution is 0.368. The van der Waals surface area contributed by atoms with Crippen molar-refractivity contribution in [1.29, 1.82) is 0 Å². The maximum Gasteiger partial charge on any atom is 0.226 e. The van der Waals surface area contributed by atoms with Crippen LogP contribution in [0.3, 0.4) is 0 Å². The highest BCUT2D eigenvalue weighted by molar-refractivity contribution is 4.86. The Bertz CT molecular complexity index is 325. The van der Waals surface area contributed by atoms with E-state index in [9.17, 15) is 0 Å². The van der Waals surface area contributed by atoms with Crippen molar-refractivity contribution in [3.63, 3.8) is 0 Å². The molecular formula is C16H31N3O. The second-order valence-electron chi connectivity index (χ2n) is 5.57. The summed E-state index contributed by atoms with van der Waals surface area (Å²) in [5.74, 6) is 1.60. The van der Waals surface area contributed by atoms with E-state index in [4.69, 9.17) is 10.3 Å². The summed E-state index contributed by atoms with van der Waals surface area (Å²) in [5.41, 5.74) is 5.46. The van der Waals surface area contributed by atoms with Gasteiger partial charge in [0.1, 0.15) is 0 Å². The number of aromatic nitrogens is 2. The van der Waals surface area contributed by atoms with Crippen molar-refractivity contribution in [2.75, 3.05) is 6.54 Å². The number of nitrogens with two attached hydrogens (primary N) is 1. The molecule has 2 N–H and O–H groups in total. The van der Waals surface area contributed by atoms with E-state index < -0.39 is 0 Å². The molecule has 0 aliphatic heterocycles. The van der Waals surface area contributed by atoms with E-state index in [0.717, 1.165) is 37.4 Å². The first-order valence-corrected chi connectivity index (χ1v) is 8.38. The Morgan fingerprint density at radius 2 is 1.50 bits per heavy atom. The van der Waals surface area contributed by atoms with Crippen LogP contribution in [0.2, 0.25) is 0 Å². The van der Waals surface area contributed by atoms with Gasteiger partial charge in [0.05, 0.1) is 0 Å². The van der Waals surface area contributed by atoms with E-state index in [2.05, 4.69) is 17.1 Å². The molecule has 4 heteroatoms. The zero-order valence-corrected chi connectivity index (χ0v) is 13.1. The van der Waals surface area contributed by atoms with Gasteiger partial charge < -0.3 is 10.3 Å². The second-order valence-corrected chi connectivity index (χ2v) is 5.57. The van der Waals surface area contributed by atoms with Crippen molar-refractivity contribution in [2.24, 2.45) is 5.73 Å². The summed E-state index contributed by atoms with van der Waals surface area (Å²) < 4.78 is 5.23. The van der Waals surface area contributed by atoms with Gasteiger partial charge in [-0.25, -0.2) is 0 Å². The molecule has 0 atom stereocenters. The number of unbranched alkanes of at least 4 members (excludes halogenated alkanes) is 8. The van der Waals surface area contributed by atoms with Gasteiger partial charge in [-0.3, -0.25) is 0 Å². The topological polar surface area (TPSA) is 64.9 Å². The molecule has 20 heavy (non-hydrogen) atoms. The summed E-state index contributed by atoms with van der Waals surface area (Å²) in [5, 5.41) is 3.97. The average molecular weight is 281 g/mol. The molecule has 1 aromatic rings. The molecule has 116 valence electrons. The highest BCUT2D eigenvalue weighted by Gasteiger charge is 2.05. The first-order chi connectivity index (χ1) is 9.86. The van der Waals surface area contributed by atoms with E-state index in [1.54, 1.807) is 0 Å². The monoisotopic (exact) mass is 281 g/mol. The van der Waals surface area contributed by atoms with Crippen LogP contribution in [0.5, 0.6) is 0 Å². The van der Waals surface area contributed by atoms with Crippen LogP contribution in [0, 0.1) is 0 Å². The average Bonchev–Trinajstić information content (AvgIpc) is 2.91. The van der Waals surface area contributed by atoms with Gasteiger partial charge in [-0.05, 0) is 19.4 Å². The molecule has 0 saturated heterocycles. The molecule has 0 aliphatic carbocycles. The zero-order valence-electron chi connectivity index (χ0n) is 13.1. The molecule has 4 nitrogen and oxygen atoms in total. The third kappa shape index (κ3) is 8.31. The quantitative estimate of drug-likeness (QED) is 0.554. The van der Waals surface area contributed by atoms with Gasteiger partial charge in [0.15, 0.2) is 5.82 Å². The van der Waals surface area contributed by atoms with Crippen molar-refractivity contribution < 1.29 is 4.52 Å². The lowest BCUT2D eigenvalue weighted by Gasteiger charge is -2.00.